The van der Waals surface area contributed by atoms with Crippen molar-refractivity contribution in [3.05, 3.63) is 101 Å². The molecule has 3 aromatic rings. The second kappa shape index (κ2) is 7.83. The lowest BCUT2D eigenvalue weighted by Gasteiger charge is -2.62. The summed E-state index contributed by atoms with van der Waals surface area (Å²) in [5.41, 5.74) is 3.77. The van der Waals surface area contributed by atoms with Crippen LogP contribution in [0, 0.1) is 11.8 Å². The van der Waals surface area contributed by atoms with Crippen molar-refractivity contribution in [3.8, 4) is 5.75 Å². The largest absolute Gasteiger partial charge is 0.478 e. The fraction of sp³-hybridized carbons (Fsp3) is 0.333. The van der Waals surface area contributed by atoms with Crippen LogP contribution in [0.2, 0.25) is 0 Å². The van der Waals surface area contributed by atoms with Crippen LogP contribution in [-0.4, -0.2) is 17.0 Å². The fourth-order valence-corrected chi connectivity index (χ4v) is 7.52. The summed E-state index contributed by atoms with van der Waals surface area (Å²) in [4.78, 5) is 24.0. The van der Waals surface area contributed by atoms with Gasteiger partial charge in [0.25, 0.3) is 0 Å². The van der Waals surface area contributed by atoms with Gasteiger partial charge in [0.15, 0.2) is 0 Å². The molecule has 4 aliphatic rings. The van der Waals surface area contributed by atoms with Gasteiger partial charge in [-0.25, -0.2) is 9.59 Å². The highest BCUT2D eigenvalue weighted by Gasteiger charge is 2.58. The minimum Gasteiger partial charge on any atom is -0.478 e. The number of benzene rings is 3. The lowest BCUT2D eigenvalue weighted by atomic mass is 9.41. The zero-order valence-corrected chi connectivity index (χ0v) is 19.1. The van der Waals surface area contributed by atoms with Gasteiger partial charge in [0, 0.05) is 0 Å². The molecule has 34 heavy (non-hydrogen) atoms. The molecule has 0 radical (unpaired) electrons. The molecule has 4 heteroatoms. The Morgan fingerprint density at radius 3 is 1.71 bits per heavy atom. The average Bonchev–Trinajstić information content (AvgIpc) is 2.84. The monoisotopic (exact) mass is 452 g/mol. The second-order valence-corrected chi connectivity index (χ2v) is 10.7. The lowest BCUT2D eigenvalue weighted by molar-refractivity contribution is -0.0281. The van der Waals surface area contributed by atoms with Crippen molar-refractivity contribution in [3.63, 3.8) is 0 Å². The van der Waals surface area contributed by atoms with Crippen LogP contribution >= 0.6 is 0 Å². The van der Waals surface area contributed by atoms with Crippen LogP contribution in [0.1, 0.15) is 70.4 Å². The summed E-state index contributed by atoms with van der Waals surface area (Å²) < 4.78 is 5.51. The van der Waals surface area contributed by atoms with Gasteiger partial charge in [0.1, 0.15) is 5.75 Å². The van der Waals surface area contributed by atoms with E-state index < -0.39 is 5.97 Å². The van der Waals surface area contributed by atoms with E-state index in [-0.39, 0.29) is 16.8 Å². The van der Waals surface area contributed by atoms with E-state index in [1.165, 1.54) is 43.2 Å². The fourth-order valence-electron chi connectivity index (χ4n) is 7.52. The normalized spacial score (nSPS) is 29.1. The Morgan fingerprint density at radius 1 is 0.706 bits per heavy atom. The molecule has 4 nitrogen and oxygen atoms in total. The van der Waals surface area contributed by atoms with Gasteiger partial charge in [-0.3, -0.25) is 0 Å². The van der Waals surface area contributed by atoms with E-state index in [1.807, 2.05) is 42.5 Å². The number of para-hydroxylation sites is 1. The van der Waals surface area contributed by atoms with E-state index in [0.29, 0.717) is 28.7 Å². The number of hydrogen-bond donors (Lipinski definition) is 1. The highest BCUT2D eigenvalue weighted by atomic mass is 16.5. The first-order valence-electron chi connectivity index (χ1n) is 12.2. The van der Waals surface area contributed by atoms with Gasteiger partial charge in [-0.15, -0.1) is 0 Å². The van der Waals surface area contributed by atoms with Crippen LogP contribution in [-0.2, 0) is 10.8 Å². The Morgan fingerprint density at radius 2 is 1.21 bits per heavy atom. The number of hydrogen-bond acceptors (Lipinski definition) is 3. The Bertz CT molecular complexity index is 1210. The highest BCUT2D eigenvalue weighted by molar-refractivity contribution is 5.91. The number of carbonyl (C=O) groups excluding carboxylic acids is 1. The van der Waals surface area contributed by atoms with Gasteiger partial charge in [-0.1, -0.05) is 42.5 Å². The molecule has 0 saturated heterocycles. The second-order valence-electron chi connectivity index (χ2n) is 10.7. The first kappa shape index (κ1) is 21.2. The van der Waals surface area contributed by atoms with Gasteiger partial charge in [0.05, 0.1) is 11.1 Å². The number of aromatic carboxylic acids is 1. The van der Waals surface area contributed by atoms with Gasteiger partial charge in [0.2, 0.25) is 0 Å². The van der Waals surface area contributed by atoms with Crippen LogP contribution in [0.4, 0.5) is 0 Å². The van der Waals surface area contributed by atoms with E-state index in [1.54, 1.807) is 24.3 Å². The minimum atomic E-state index is -0.876. The van der Waals surface area contributed by atoms with Crippen LogP contribution < -0.4 is 4.74 Å². The molecule has 4 aliphatic carbocycles. The van der Waals surface area contributed by atoms with Crippen LogP contribution in [0.5, 0.6) is 5.75 Å². The third-order valence-electron chi connectivity index (χ3n) is 8.49. The standard InChI is InChI=1S/C30H28O4/c31-27(32)22-6-10-24(11-7-22)29-15-20-14-21(16-29)18-30(17-20,19-29)25-12-8-23(9-13-25)28(33)34-26-4-2-1-3-5-26/h1-13,20-21H,14-19H2,(H,31,32). The first-order valence-corrected chi connectivity index (χ1v) is 12.2. The maximum atomic E-state index is 12.6. The number of carboxylic acids is 1. The van der Waals surface area contributed by atoms with E-state index in [2.05, 4.69) is 12.1 Å². The van der Waals surface area contributed by atoms with E-state index in [9.17, 15) is 14.7 Å². The van der Waals surface area contributed by atoms with Crippen molar-refractivity contribution in [2.45, 2.75) is 49.4 Å². The molecule has 2 atom stereocenters. The summed E-state index contributed by atoms with van der Waals surface area (Å²) in [5, 5.41) is 9.31. The number of carboxylic acid groups (broad SMARTS) is 1. The molecule has 2 unspecified atom stereocenters. The van der Waals surface area contributed by atoms with Gasteiger partial charge in [-0.05, 0) is 109 Å². The van der Waals surface area contributed by atoms with E-state index in [0.717, 1.165) is 6.42 Å². The molecule has 3 aromatic carbocycles. The molecule has 4 bridgehead atoms. The summed E-state index contributed by atoms with van der Waals surface area (Å²) in [6.07, 6.45) is 7.18. The molecule has 0 aliphatic heterocycles. The number of esters is 1. The molecule has 0 aromatic heterocycles. The Balaban J connectivity index is 1.28. The summed E-state index contributed by atoms with van der Waals surface area (Å²) in [7, 11) is 0. The molecule has 0 heterocycles. The Hall–Kier alpha value is -3.40. The van der Waals surface area contributed by atoms with Crippen LogP contribution in [0.3, 0.4) is 0 Å². The first-order chi connectivity index (χ1) is 16.4. The summed E-state index contributed by atoms with van der Waals surface area (Å²) in [6.45, 7) is 0. The summed E-state index contributed by atoms with van der Waals surface area (Å²) in [6, 6.07) is 24.9. The molecule has 7 rings (SSSR count). The average molecular weight is 453 g/mol. The van der Waals surface area contributed by atoms with Crippen LogP contribution in [0.25, 0.3) is 0 Å². The van der Waals surface area contributed by atoms with Gasteiger partial charge in [-0.2, -0.15) is 0 Å². The zero-order valence-electron chi connectivity index (χ0n) is 19.1. The van der Waals surface area contributed by atoms with Crippen molar-refractivity contribution >= 4 is 11.9 Å². The van der Waals surface area contributed by atoms with Crippen molar-refractivity contribution < 1.29 is 19.4 Å². The van der Waals surface area contributed by atoms with E-state index >= 15 is 0 Å². The zero-order chi connectivity index (χ0) is 23.3. The summed E-state index contributed by atoms with van der Waals surface area (Å²) >= 11 is 0. The van der Waals surface area contributed by atoms with Crippen molar-refractivity contribution in [2.75, 3.05) is 0 Å². The topological polar surface area (TPSA) is 63.6 Å². The van der Waals surface area contributed by atoms with Gasteiger partial charge < -0.3 is 9.84 Å². The SMILES string of the molecule is O=C(O)c1ccc(C23CC4CC(C2)CC(c2ccc(C(=O)Oc5ccccc5)cc2)(C4)C3)cc1. The lowest BCUT2D eigenvalue weighted by Crippen LogP contribution is -2.55. The number of ether oxygens (including phenoxy) is 1. The quantitative estimate of drug-likeness (QED) is 0.360. The Kier molecular flexibility index (Phi) is 4.87. The molecule has 1 N–H and O–H groups in total. The number of rotatable bonds is 5. The molecule has 4 saturated carbocycles. The predicted octanol–water partition coefficient (Wildman–Crippen LogP) is 6.39. The Labute approximate surface area is 199 Å². The van der Waals surface area contributed by atoms with Crippen molar-refractivity contribution in [1.29, 1.82) is 0 Å². The maximum Gasteiger partial charge on any atom is 0.343 e. The molecular weight excluding hydrogens is 424 g/mol. The highest BCUT2D eigenvalue weighted by Crippen LogP contribution is 2.66. The van der Waals surface area contributed by atoms with Crippen molar-refractivity contribution in [2.24, 2.45) is 11.8 Å². The predicted molar refractivity (Wildman–Crippen MR) is 129 cm³/mol. The smallest absolute Gasteiger partial charge is 0.343 e. The summed E-state index contributed by atoms with van der Waals surface area (Å²) in [5.74, 6) is 0.734. The van der Waals surface area contributed by atoms with Crippen molar-refractivity contribution in [1.82, 2.24) is 0 Å². The third-order valence-corrected chi connectivity index (χ3v) is 8.49. The van der Waals surface area contributed by atoms with Gasteiger partial charge >= 0.3 is 11.9 Å². The molecule has 172 valence electrons. The van der Waals surface area contributed by atoms with Crippen LogP contribution in [0.15, 0.2) is 78.9 Å². The minimum absolute atomic E-state index is 0.117. The molecule has 0 spiro atoms. The third kappa shape index (κ3) is 3.53. The molecule has 4 fully saturated rings. The molecular formula is C30H28O4. The van der Waals surface area contributed by atoms with E-state index in [4.69, 9.17) is 4.74 Å². The number of carbonyl (C=O) groups is 2. The maximum absolute atomic E-state index is 12.6. The molecule has 0 amide bonds.